The van der Waals surface area contributed by atoms with E-state index in [2.05, 4.69) is 29.6 Å². The van der Waals surface area contributed by atoms with Crippen molar-refractivity contribution in [3.8, 4) is 11.1 Å². The van der Waals surface area contributed by atoms with Crippen molar-refractivity contribution in [2.75, 3.05) is 26.2 Å². The van der Waals surface area contributed by atoms with Gasteiger partial charge < -0.3 is 20.1 Å². The number of carbonyl (C=O) groups excluding carboxylic acids is 2. The lowest BCUT2D eigenvalue weighted by Crippen LogP contribution is -2.42. The van der Waals surface area contributed by atoms with Crippen LogP contribution in [0, 0.1) is 11.3 Å². The molecule has 0 saturated carbocycles. The molecule has 1 unspecified atom stereocenters. The zero-order valence-electron chi connectivity index (χ0n) is 20.3. The number of alkyl carbamates (subject to hydrolysis) is 1. The lowest BCUT2D eigenvalue weighted by atomic mass is 9.88. The molecule has 2 aromatic carbocycles. The minimum absolute atomic E-state index is 0.0120. The van der Waals surface area contributed by atoms with Crippen LogP contribution in [0.15, 0.2) is 48.5 Å². The number of hydrogen-bond acceptors (Lipinski definition) is 4. The van der Waals surface area contributed by atoms with Gasteiger partial charge in [-0.2, -0.15) is 0 Å². The standard InChI is InChI=1S/C27H34N2O5/c1-5-29(15-18(2)25(31)32)24(30)14-27(3,4)17-28-26(33)34-16-23-21-12-8-6-10-19(21)20-11-7-9-13-22(20)23/h6-13,18,23H,5,14-17H2,1-4H3,(H,28,33)(H,31,32). The van der Waals surface area contributed by atoms with E-state index in [-0.39, 0.29) is 37.9 Å². The molecule has 1 atom stereocenters. The number of aliphatic carboxylic acids is 1. The van der Waals surface area contributed by atoms with E-state index >= 15 is 0 Å². The summed E-state index contributed by atoms with van der Waals surface area (Å²) < 4.78 is 5.58. The summed E-state index contributed by atoms with van der Waals surface area (Å²) in [6.07, 6.45) is -0.328. The quantitative estimate of drug-likeness (QED) is 0.537. The molecule has 0 heterocycles. The maximum Gasteiger partial charge on any atom is 0.407 e. The minimum atomic E-state index is -0.928. The van der Waals surface area contributed by atoms with E-state index in [4.69, 9.17) is 9.84 Å². The summed E-state index contributed by atoms with van der Waals surface area (Å²) in [6.45, 7) is 8.30. The van der Waals surface area contributed by atoms with Crippen molar-refractivity contribution in [1.82, 2.24) is 10.2 Å². The third-order valence-electron chi connectivity index (χ3n) is 6.33. The first-order valence-electron chi connectivity index (χ1n) is 11.7. The highest BCUT2D eigenvalue weighted by atomic mass is 16.5. The number of fused-ring (bicyclic) bond motifs is 3. The largest absolute Gasteiger partial charge is 0.481 e. The molecule has 2 N–H and O–H groups in total. The predicted octanol–water partition coefficient (Wildman–Crippen LogP) is 4.51. The first-order chi connectivity index (χ1) is 16.1. The van der Waals surface area contributed by atoms with Crippen LogP contribution in [0.4, 0.5) is 4.79 Å². The predicted molar refractivity (Wildman–Crippen MR) is 131 cm³/mol. The Hall–Kier alpha value is -3.35. The SMILES string of the molecule is CCN(CC(C)C(=O)O)C(=O)CC(C)(C)CNC(=O)OCC1c2ccccc2-c2ccccc21. The average Bonchev–Trinajstić information content (AvgIpc) is 3.13. The molecule has 0 radical (unpaired) electrons. The van der Waals surface area contributed by atoms with Crippen molar-refractivity contribution < 1.29 is 24.2 Å². The smallest absolute Gasteiger partial charge is 0.407 e. The van der Waals surface area contributed by atoms with E-state index in [1.807, 2.05) is 45.0 Å². The Bertz CT molecular complexity index is 1000. The molecule has 1 aliphatic rings. The summed E-state index contributed by atoms with van der Waals surface area (Å²) in [5.41, 5.74) is 4.13. The van der Waals surface area contributed by atoms with Crippen molar-refractivity contribution in [3.05, 3.63) is 59.7 Å². The van der Waals surface area contributed by atoms with Crippen molar-refractivity contribution in [1.29, 1.82) is 0 Å². The van der Waals surface area contributed by atoms with Gasteiger partial charge in [-0.15, -0.1) is 0 Å². The third-order valence-corrected chi connectivity index (χ3v) is 6.33. The molecule has 0 bridgehead atoms. The van der Waals surface area contributed by atoms with E-state index in [0.717, 1.165) is 11.1 Å². The van der Waals surface area contributed by atoms with Gasteiger partial charge in [0.2, 0.25) is 5.91 Å². The van der Waals surface area contributed by atoms with Crippen LogP contribution in [-0.4, -0.2) is 54.2 Å². The number of carboxylic acid groups (broad SMARTS) is 1. The third kappa shape index (κ3) is 5.95. The molecule has 182 valence electrons. The van der Waals surface area contributed by atoms with Gasteiger partial charge in [0.1, 0.15) is 6.61 Å². The number of rotatable bonds is 10. The van der Waals surface area contributed by atoms with Crippen LogP contribution in [-0.2, 0) is 14.3 Å². The van der Waals surface area contributed by atoms with Crippen molar-refractivity contribution in [2.45, 2.75) is 40.0 Å². The van der Waals surface area contributed by atoms with E-state index in [0.29, 0.717) is 6.54 Å². The summed E-state index contributed by atoms with van der Waals surface area (Å²) in [7, 11) is 0. The number of benzene rings is 2. The molecule has 0 fully saturated rings. The van der Waals surface area contributed by atoms with Crippen LogP contribution in [0.25, 0.3) is 11.1 Å². The van der Waals surface area contributed by atoms with Gasteiger partial charge in [-0.05, 0) is 34.6 Å². The molecular weight excluding hydrogens is 432 g/mol. The Kier molecular flexibility index (Phi) is 7.97. The molecule has 2 amide bonds. The second-order valence-corrected chi connectivity index (χ2v) is 9.69. The summed E-state index contributed by atoms with van der Waals surface area (Å²) in [6, 6.07) is 16.3. The lowest BCUT2D eigenvalue weighted by molar-refractivity contribution is -0.143. The Morgan fingerprint density at radius 1 is 1.06 bits per heavy atom. The Balaban J connectivity index is 1.53. The molecule has 0 saturated heterocycles. The van der Waals surface area contributed by atoms with E-state index < -0.39 is 23.4 Å². The van der Waals surface area contributed by atoms with Gasteiger partial charge in [0.25, 0.3) is 0 Å². The van der Waals surface area contributed by atoms with Gasteiger partial charge in [-0.3, -0.25) is 9.59 Å². The molecule has 34 heavy (non-hydrogen) atoms. The second kappa shape index (κ2) is 10.7. The molecule has 0 spiro atoms. The molecule has 3 rings (SSSR count). The number of amides is 2. The molecule has 7 heteroatoms. The fraction of sp³-hybridized carbons (Fsp3) is 0.444. The van der Waals surface area contributed by atoms with Crippen molar-refractivity contribution in [3.63, 3.8) is 0 Å². The summed E-state index contributed by atoms with van der Waals surface area (Å²) in [4.78, 5) is 37.9. The van der Waals surface area contributed by atoms with Gasteiger partial charge in [0.05, 0.1) is 5.92 Å². The van der Waals surface area contributed by atoms with E-state index in [9.17, 15) is 14.4 Å². The van der Waals surface area contributed by atoms with Crippen molar-refractivity contribution >= 4 is 18.0 Å². The normalized spacial score (nSPS) is 13.5. The first kappa shape index (κ1) is 25.3. The number of hydrogen-bond donors (Lipinski definition) is 2. The molecular formula is C27H34N2O5. The summed E-state index contributed by atoms with van der Waals surface area (Å²) in [5, 5.41) is 11.9. The van der Waals surface area contributed by atoms with Crippen LogP contribution < -0.4 is 5.32 Å². The fourth-order valence-electron chi connectivity index (χ4n) is 4.36. The van der Waals surface area contributed by atoms with Crippen LogP contribution in [0.1, 0.15) is 51.2 Å². The maximum atomic E-state index is 12.7. The highest BCUT2D eigenvalue weighted by Gasteiger charge is 2.30. The zero-order chi connectivity index (χ0) is 24.9. The number of carbonyl (C=O) groups is 3. The second-order valence-electron chi connectivity index (χ2n) is 9.69. The number of carboxylic acids is 1. The number of ether oxygens (including phenoxy) is 1. The zero-order valence-corrected chi connectivity index (χ0v) is 20.3. The van der Waals surface area contributed by atoms with Crippen molar-refractivity contribution in [2.24, 2.45) is 11.3 Å². The highest BCUT2D eigenvalue weighted by molar-refractivity contribution is 5.79. The lowest BCUT2D eigenvalue weighted by Gasteiger charge is -2.29. The Morgan fingerprint density at radius 2 is 1.62 bits per heavy atom. The van der Waals surface area contributed by atoms with E-state index in [1.165, 1.54) is 11.1 Å². The Morgan fingerprint density at radius 3 is 2.15 bits per heavy atom. The maximum absolute atomic E-state index is 12.7. The van der Waals surface area contributed by atoms with Crippen LogP contribution in [0.3, 0.4) is 0 Å². The van der Waals surface area contributed by atoms with Gasteiger partial charge in [0.15, 0.2) is 0 Å². The first-order valence-corrected chi connectivity index (χ1v) is 11.7. The monoisotopic (exact) mass is 466 g/mol. The average molecular weight is 467 g/mol. The fourth-order valence-corrected chi connectivity index (χ4v) is 4.36. The number of nitrogens with zero attached hydrogens (tertiary/aromatic N) is 1. The van der Waals surface area contributed by atoms with Gasteiger partial charge in [-0.25, -0.2) is 4.79 Å². The van der Waals surface area contributed by atoms with Crippen LogP contribution in [0.2, 0.25) is 0 Å². The summed E-state index contributed by atoms with van der Waals surface area (Å²) in [5.74, 6) is -1.70. The van der Waals surface area contributed by atoms with Crippen LogP contribution >= 0.6 is 0 Å². The topological polar surface area (TPSA) is 95.9 Å². The van der Waals surface area contributed by atoms with Crippen LogP contribution in [0.5, 0.6) is 0 Å². The molecule has 7 nitrogen and oxygen atoms in total. The van der Waals surface area contributed by atoms with Gasteiger partial charge in [0, 0.05) is 32.0 Å². The highest BCUT2D eigenvalue weighted by Crippen LogP contribution is 2.44. The molecule has 1 aliphatic carbocycles. The summed E-state index contributed by atoms with van der Waals surface area (Å²) >= 11 is 0. The molecule has 0 aromatic heterocycles. The molecule has 2 aromatic rings. The Labute approximate surface area is 201 Å². The van der Waals surface area contributed by atoms with E-state index in [1.54, 1.807) is 11.8 Å². The molecule has 0 aliphatic heterocycles. The number of nitrogens with one attached hydrogen (secondary N) is 1. The minimum Gasteiger partial charge on any atom is -0.481 e. The van der Waals surface area contributed by atoms with Gasteiger partial charge in [-0.1, -0.05) is 69.3 Å². The van der Waals surface area contributed by atoms with Gasteiger partial charge >= 0.3 is 12.1 Å².